The highest BCUT2D eigenvalue weighted by Crippen LogP contribution is 2.25. The molecule has 0 spiro atoms. The van der Waals surface area contributed by atoms with Crippen molar-refractivity contribution in [2.24, 2.45) is 0 Å². The molecule has 0 radical (unpaired) electrons. The van der Waals surface area contributed by atoms with Gasteiger partial charge in [-0.1, -0.05) is 31.2 Å². The minimum atomic E-state index is 0.00269. The van der Waals surface area contributed by atoms with E-state index in [1.807, 2.05) is 25.1 Å². The van der Waals surface area contributed by atoms with Crippen molar-refractivity contribution in [3.8, 4) is 11.5 Å². The lowest BCUT2D eigenvalue weighted by molar-refractivity contribution is 0.0140. The highest BCUT2D eigenvalue weighted by Gasteiger charge is 2.28. The van der Waals surface area contributed by atoms with Crippen LogP contribution in [-0.2, 0) is 19.6 Å². The SMILES string of the molecule is CCOc1ccc(CN2CC(Oc3ccccc3CC)C2)cc1CO. The fourth-order valence-electron chi connectivity index (χ4n) is 3.23. The number of aryl methyl sites for hydroxylation is 1. The molecular formula is C21H27NO3. The number of benzene rings is 2. The molecule has 0 atom stereocenters. The summed E-state index contributed by atoms with van der Waals surface area (Å²) in [5.74, 6) is 1.79. The number of nitrogens with zero attached hydrogens (tertiary/aromatic N) is 1. The smallest absolute Gasteiger partial charge is 0.124 e. The summed E-state index contributed by atoms with van der Waals surface area (Å²) < 4.78 is 11.7. The summed E-state index contributed by atoms with van der Waals surface area (Å²) in [5, 5.41) is 9.52. The van der Waals surface area contributed by atoms with E-state index in [0.29, 0.717) is 6.61 Å². The van der Waals surface area contributed by atoms with Crippen LogP contribution in [0.3, 0.4) is 0 Å². The molecule has 1 fully saturated rings. The third-order valence-corrected chi connectivity index (χ3v) is 4.57. The molecule has 2 aromatic rings. The zero-order chi connectivity index (χ0) is 17.6. The molecule has 0 bridgehead atoms. The van der Waals surface area contributed by atoms with Crippen LogP contribution in [-0.4, -0.2) is 35.8 Å². The van der Waals surface area contributed by atoms with Gasteiger partial charge in [-0.15, -0.1) is 0 Å². The van der Waals surface area contributed by atoms with Crippen LogP contribution in [0.1, 0.15) is 30.5 Å². The number of aliphatic hydroxyl groups excluding tert-OH is 1. The van der Waals surface area contributed by atoms with Crippen molar-refractivity contribution in [1.29, 1.82) is 0 Å². The quantitative estimate of drug-likeness (QED) is 0.799. The molecule has 0 unspecified atom stereocenters. The first-order valence-corrected chi connectivity index (χ1v) is 9.05. The molecule has 0 saturated carbocycles. The largest absolute Gasteiger partial charge is 0.494 e. The lowest BCUT2D eigenvalue weighted by Crippen LogP contribution is -2.53. The van der Waals surface area contributed by atoms with Crippen LogP contribution in [0, 0.1) is 0 Å². The molecule has 0 aromatic heterocycles. The minimum absolute atomic E-state index is 0.00269. The molecule has 134 valence electrons. The van der Waals surface area contributed by atoms with Crippen LogP contribution in [0.25, 0.3) is 0 Å². The van der Waals surface area contributed by atoms with Crippen LogP contribution < -0.4 is 9.47 Å². The van der Waals surface area contributed by atoms with Gasteiger partial charge in [0.15, 0.2) is 0 Å². The summed E-state index contributed by atoms with van der Waals surface area (Å²) in [7, 11) is 0. The van der Waals surface area contributed by atoms with E-state index in [1.54, 1.807) is 0 Å². The molecule has 4 heteroatoms. The molecule has 25 heavy (non-hydrogen) atoms. The molecule has 1 N–H and O–H groups in total. The highest BCUT2D eigenvalue weighted by molar-refractivity contribution is 5.37. The van der Waals surface area contributed by atoms with Crippen LogP contribution in [0.5, 0.6) is 11.5 Å². The van der Waals surface area contributed by atoms with E-state index in [0.717, 1.165) is 43.1 Å². The van der Waals surface area contributed by atoms with Crippen molar-refractivity contribution in [2.75, 3.05) is 19.7 Å². The number of likely N-dealkylation sites (tertiary alicyclic amines) is 1. The van der Waals surface area contributed by atoms with E-state index in [1.165, 1.54) is 11.1 Å². The third-order valence-electron chi connectivity index (χ3n) is 4.57. The highest BCUT2D eigenvalue weighted by atomic mass is 16.5. The number of aliphatic hydroxyl groups is 1. The topological polar surface area (TPSA) is 41.9 Å². The Morgan fingerprint density at radius 2 is 1.84 bits per heavy atom. The summed E-state index contributed by atoms with van der Waals surface area (Å²) in [5.41, 5.74) is 3.31. The number of ether oxygens (including phenoxy) is 2. The standard InChI is InChI=1S/C21H27NO3/c1-3-17-7-5-6-8-21(17)25-19-13-22(14-19)12-16-9-10-20(24-4-2)18(11-16)15-23/h5-11,19,23H,3-4,12-15H2,1-2H3. The van der Waals surface area contributed by atoms with Gasteiger partial charge in [-0.05, 0) is 42.7 Å². The fraction of sp³-hybridized carbons (Fsp3) is 0.429. The second-order valence-electron chi connectivity index (χ2n) is 6.43. The monoisotopic (exact) mass is 341 g/mol. The van der Waals surface area contributed by atoms with E-state index >= 15 is 0 Å². The molecule has 1 aliphatic heterocycles. The predicted molar refractivity (Wildman–Crippen MR) is 99.0 cm³/mol. The maximum absolute atomic E-state index is 9.52. The van der Waals surface area contributed by atoms with Gasteiger partial charge in [-0.3, -0.25) is 4.90 Å². The number of para-hydroxylation sites is 1. The lowest BCUT2D eigenvalue weighted by atomic mass is 10.1. The second-order valence-corrected chi connectivity index (χ2v) is 6.43. The zero-order valence-electron chi connectivity index (χ0n) is 15.1. The van der Waals surface area contributed by atoms with Gasteiger partial charge >= 0.3 is 0 Å². The Morgan fingerprint density at radius 3 is 2.56 bits per heavy atom. The summed E-state index contributed by atoms with van der Waals surface area (Å²) in [6.07, 6.45) is 1.25. The Morgan fingerprint density at radius 1 is 1.04 bits per heavy atom. The van der Waals surface area contributed by atoms with Gasteiger partial charge < -0.3 is 14.6 Å². The molecule has 1 heterocycles. The van der Waals surface area contributed by atoms with Crippen LogP contribution in [0.2, 0.25) is 0 Å². The van der Waals surface area contributed by atoms with E-state index in [4.69, 9.17) is 9.47 Å². The van der Waals surface area contributed by atoms with Crippen molar-refractivity contribution < 1.29 is 14.6 Å². The van der Waals surface area contributed by atoms with Gasteiger partial charge in [0, 0.05) is 25.2 Å². The normalized spacial score (nSPS) is 15.0. The van der Waals surface area contributed by atoms with Crippen molar-refractivity contribution in [3.63, 3.8) is 0 Å². The summed E-state index contributed by atoms with van der Waals surface area (Å²) in [4.78, 5) is 2.36. The first kappa shape index (κ1) is 17.8. The number of rotatable bonds is 8. The average Bonchev–Trinajstić information content (AvgIpc) is 2.61. The molecule has 3 rings (SSSR count). The maximum Gasteiger partial charge on any atom is 0.124 e. The van der Waals surface area contributed by atoms with E-state index < -0.39 is 0 Å². The minimum Gasteiger partial charge on any atom is -0.494 e. The molecule has 1 saturated heterocycles. The van der Waals surface area contributed by atoms with Crippen molar-refractivity contribution in [2.45, 2.75) is 39.5 Å². The van der Waals surface area contributed by atoms with Gasteiger partial charge in [-0.25, -0.2) is 0 Å². The second kappa shape index (κ2) is 8.37. The molecule has 1 aliphatic rings. The molecule has 4 nitrogen and oxygen atoms in total. The molecular weight excluding hydrogens is 314 g/mol. The maximum atomic E-state index is 9.52. The van der Waals surface area contributed by atoms with E-state index in [2.05, 4.69) is 36.1 Å². The van der Waals surface area contributed by atoms with Crippen LogP contribution >= 0.6 is 0 Å². The molecule has 0 aliphatic carbocycles. The molecule has 0 amide bonds. The Hall–Kier alpha value is -2.04. The van der Waals surface area contributed by atoms with Crippen molar-refractivity contribution >= 4 is 0 Å². The fourth-order valence-corrected chi connectivity index (χ4v) is 3.23. The van der Waals surface area contributed by atoms with Gasteiger partial charge in [0.25, 0.3) is 0 Å². The first-order chi connectivity index (χ1) is 12.2. The van der Waals surface area contributed by atoms with Crippen LogP contribution in [0.4, 0.5) is 0 Å². The zero-order valence-corrected chi connectivity index (χ0v) is 15.1. The third kappa shape index (κ3) is 4.33. The van der Waals surface area contributed by atoms with Gasteiger partial charge in [0.05, 0.1) is 13.2 Å². The molecule has 2 aromatic carbocycles. The summed E-state index contributed by atoms with van der Waals surface area (Å²) >= 11 is 0. The summed E-state index contributed by atoms with van der Waals surface area (Å²) in [6, 6.07) is 14.3. The summed E-state index contributed by atoms with van der Waals surface area (Å²) in [6.45, 7) is 7.44. The Kier molecular flexibility index (Phi) is 5.95. The van der Waals surface area contributed by atoms with Crippen molar-refractivity contribution in [1.82, 2.24) is 4.90 Å². The van der Waals surface area contributed by atoms with Gasteiger partial charge in [0.1, 0.15) is 17.6 Å². The Bertz CT molecular complexity index is 695. The van der Waals surface area contributed by atoms with E-state index in [9.17, 15) is 5.11 Å². The van der Waals surface area contributed by atoms with Gasteiger partial charge in [0.2, 0.25) is 0 Å². The first-order valence-electron chi connectivity index (χ1n) is 9.05. The van der Waals surface area contributed by atoms with Gasteiger partial charge in [-0.2, -0.15) is 0 Å². The van der Waals surface area contributed by atoms with Crippen LogP contribution in [0.15, 0.2) is 42.5 Å². The Labute approximate surface area is 150 Å². The average molecular weight is 341 g/mol. The lowest BCUT2D eigenvalue weighted by Gasteiger charge is -2.39. The van der Waals surface area contributed by atoms with Crippen molar-refractivity contribution in [3.05, 3.63) is 59.2 Å². The van der Waals surface area contributed by atoms with E-state index in [-0.39, 0.29) is 12.7 Å². The predicted octanol–water partition coefficient (Wildman–Crippen LogP) is 3.40. The number of hydrogen-bond donors (Lipinski definition) is 1. The number of hydrogen-bond acceptors (Lipinski definition) is 4. The Balaban J connectivity index is 1.53.